The van der Waals surface area contributed by atoms with Crippen LogP contribution < -0.4 is 5.32 Å². The van der Waals surface area contributed by atoms with Crippen molar-refractivity contribution in [3.63, 3.8) is 0 Å². The highest BCUT2D eigenvalue weighted by Crippen LogP contribution is 2.54. The molecule has 0 saturated carbocycles. The predicted molar refractivity (Wildman–Crippen MR) is 77.0 cm³/mol. The van der Waals surface area contributed by atoms with Crippen molar-refractivity contribution in [2.45, 2.75) is 11.3 Å². The first-order valence-corrected chi connectivity index (χ1v) is 7.67. The predicted octanol–water partition coefficient (Wildman–Crippen LogP) is 2.70. The summed E-state index contributed by atoms with van der Waals surface area (Å²) in [6, 6.07) is 6.50. The van der Waals surface area contributed by atoms with Gasteiger partial charge in [-0.2, -0.15) is 16.0 Å². The Morgan fingerprint density at radius 2 is 2.28 bits per heavy atom. The van der Waals surface area contributed by atoms with Gasteiger partial charge in [0.2, 0.25) is 0 Å². The van der Waals surface area contributed by atoms with Crippen LogP contribution in [0.4, 0.5) is 0 Å². The Bertz CT molecular complexity index is 668. The van der Waals surface area contributed by atoms with Gasteiger partial charge in [0.05, 0.1) is 0 Å². The van der Waals surface area contributed by atoms with Gasteiger partial charge in [-0.3, -0.25) is 5.10 Å². The minimum atomic E-state index is -0.295. The molecule has 2 aliphatic heterocycles. The summed E-state index contributed by atoms with van der Waals surface area (Å²) < 4.78 is 0. The second-order valence-electron chi connectivity index (χ2n) is 4.68. The van der Waals surface area contributed by atoms with Crippen molar-refractivity contribution in [3.05, 3.63) is 46.4 Å². The lowest BCUT2D eigenvalue weighted by atomic mass is 10.1. The Labute approximate surface area is 108 Å². The molecular formula is C14H15N3S. The number of nitrogens with one attached hydrogen (secondary N) is 2. The zero-order valence-corrected chi connectivity index (χ0v) is 10.9. The van der Waals surface area contributed by atoms with Crippen molar-refractivity contribution in [1.29, 1.82) is 0 Å². The average Bonchev–Trinajstić information content (AvgIpc) is 3.05. The minimum Gasteiger partial charge on any atom is -0.312 e. The maximum absolute atomic E-state index is 4.42. The lowest BCUT2D eigenvalue weighted by Gasteiger charge is -2.23. The number of para-hydroxylation sites is 1. The van der Waals surface area contributed by atoms with Gasteiger partial charge in [-0.25, -0.2) is 0 Å². The van der Waals surface area contributed by atoms with Crippen LogP contribution in [-0.2, 0) is 0 Å². The number of nitrogens with zero attached hydrogens (tertiary/aromatic N) is 1. The number of hydrogen-bond acceptors (Lipinski definition) is 2. The Kier molecular flexibility index (Phi) is 2.31. The van der Waals surface area contributed by atoms with Crippen LogP contribution in [0.1, 0.15) is 6.42 Å². The summed E-state index contributed by atoms with van der Waals surface area (Å²) in [5.41, 5.74) is 2.64. The van der Waals surface area contributed by atoms with Crippen LogP contribution in [0.2, 0.25) is 0 Å². The molecule has 18 heavy (non-hydrogen) atoms. The van der Waals surface area contributed by atoms with Crippen LogP contribution >= 0.6 is 10.9 Å². The van der Waals surface area contributed by atoms with Gasteiger partial charge < -0.3 is 5.32 Å². The topological polar surface area (TPSA) is 40.7 Å². The molecule has 92 valence electrons. The third-order valence-corrected chi connectivity index (χ3v) is 6.06. The van der Waals surface area contributed by atoms with E-state index in [1.54, 1.807) is 4.91 Å². The zero-order chi connectivity index (χ0) is 11.9. The highest BCUT2D eigenvalue weighted by molar-refractivity contribution is 8.23. The molecule has 0 fully saturated rings. The second kappa shape index (κ2) is 4.00. The minimum absolute atomic E-state index is 0.295. The summed E-state index contributed by atoms with van der Waals surface area (Å²) in [6.45, 7) is 2.14. The Morgan fingerprint density at radius 1 is 1.28 bits per heavy atom. The molecule has 3 nitrogen and oxygen atoms in total. The van der Waals surface area contributed by atoms with Gasteiger partial charge in [0.15, 0.2) is 0 Å². The monoisotopic (exact) mass is 257 g/mol. The number of aromatic amines is 1. The second-order valence-corrected chi connectivity index (χ2v) is 6.74. The number of H-pyrrole nitrogens is 1. The molecule has 4 heteroatoms. The van der Waals surface area contributed by atoms with Gasteiger partial charge in [-0.1, -0.05) is 18.2 Å². The quantitative estimate of drug-likeness (QED) is 0.687. The number of hydrogen-bond donors (Lipinski definition) is 3. The summed E-state index contributed by atoms with van der Waals surface area (Å²) in [6.07, 6.45) is 5.46. The van der Waals surface area contributed by atoms with Crippen LogP contribution in [0.3, 0.4) is 0 Å². The molecule has 1 aromatic heterocycles. The maximum Gasteiger partial charge on any atom is 0.104 e. The first-order chi connectivity index (χ1) is 8.93. The Balaban J connectivity index is 1.86. The average molecular weight is 257 g/mol. The number of thiol groups is 1. The van der Waals surface area contributed by atoms with E-state index in [-0.39, 0.29) is 10.9 Å². The summed E-state index contributed by atoms with van der Waals surface area (Å²) in [4.78, 5) is 3.03. The molecule has 0 bridgehead atoms. The Hall–Kier alpha value is -1.52. The molecule has 0 saturated heterocycles. The normalized spacial score (nSPS) is 24.8. The molecule has 2 aromatic rings. The van der Waals surface area contributed by atoms with E-state index in [0.717, 1.165) is 18.6 Å². The third-order valence-electron chi connectivity index (χ3n) is 3.64. The highest BCUT2D eigenvalue weighted by Gasteiger charge is 2.23. The summed E-state index contributed by atoms with van der Waals surface area (Å²) in [5.74, 6) is 0. The lowest BCUT2D eigenvalue weighted by molar-refractivity contribution is 0.707. The number of benzene rings is 1. The molecule has 3 heterocycles. The van der Waals surface area contributed by atoms with Gasteiger partial charge >= 0.3 is 0 Å². The first-order valence-electron chi connectivity index (χ1n) is 6.26. The van der Waals surface area contributed by atoms with E-state index >= 15 is 0 Å². The molecule has 1 atom stereocenters. The zero-order valence-electron chi connectivity index (χ0n) is 9.98. The van der Waals surface area contributed by atoms with E-state index in [1.807, 2.05) is 6.20 Å². The SMILES string of the molecule is C1=C[SH](c2cccc3c[nH]nc23)C2=C1CNCC2. The van der Waals surface area contributed by atoms with Crippen LogP contribution in [0.25, 0.3) is 10.9 Å². The van der Waals surface area contributed by atoms with Crippen molar-refractivity contribution in [2.75, 3.05) is 13.1 Å². The molecule has 2 N–H and O–H groups in total. The van der Waals surface area contributed by atoms with Gasteiger partial charge in [-0.15, -0.1) is 0 Å². The lowest BCUT2D eigenvalue weighted by Crippen LogP contribution is -2.23. The van der Waals surface area contributed by atoms with Crippen molar-refractivity contribution >= 4 is 21.8 Å². The van der Waals surface area contributed by atoms with Gasteiger partial charge in [0.25, 0.3) is 0 Å². The van der Waals surface area contributed by atoms with E-state index < -0.39 is 0 Å². The first kappa shape index (κ1) is 10.4. The largest absolute Gasteiger partial charge is 0.312 e. The van der Waals surface area contributed by atoms with Crippen LogP contribution in [0.5, 0.6) is 0 Å². The molecule has 0 aliphatic carbocycles. The fraction of sp³-hybridized carbons (Fsp3) is 0.214. The summed E-state index contributed by atoms with van der Waals surface area (Å²) >= 11 is 0. The van der Waals surface area contributed by atoms with Crippen LogP contribution in [0.15, 0.2) is 51.3 Å². The Morgan fingerprint density at radius 3 is 3.28 bits per heavy atom. The highest BCUT2D eigenvalue weighted by atomic mass is 32.2. The van der Waals surface area contributed by atoms with E-state index in [0.29, 0.717) is 0 Å². The van der Waals surface area contributed by atoms with Crippen molar-refractivity contribution in [3.8, 4) is 0 Å². The number of rotatable bonds is 1. The van der Waals surface area contributed by atoms with Gasteiger partial charge in [-0.05, 0) is 34.9 Å². The number of aromatic nitrogens is 2. The van der Waals surface area contributed by atoms with E-state index in [4.69, 9.17) is 0 Å². The fourth-order valence-corrected chi connectivity index (χ4v) is 5.18. The molecule has 1 unspecified atom stereocenters. The molecule has 1 aromatic carbocycles. The molecule has 0 radical (unpaired) electrons. The van der Waals surface area contributed by atoms with Crippen LogP contribution in [-0.4, -0.2) is 23.3 Å². The molecule has 4 rings (SSSR count). The molecule has 0 spiro atoms. The fourth-order valence-electron chi connectivity index (χ4n) is 2.75. The summed E-state index contributed by atoms with van der Waals surface area (Å²) in [5, 5.41) is 14.4. The van der Waals surface area contributed by atoms with Crippen LogP contribution in [0, 0.1) is 0 Å². The standard InChI is InChI=1S/C14H15N3S/c1-2-11-9-16-17-14(11)13(3-1)18-7-5-10-8-15-6-4-12(10)18/h1-3,5,7,9,15,18H,4,6,8H2,(H,16,17). The van der Waals surface area contributed by atoms with Crippen molar-refractivity contribution < 1.29 is 0 Å². The third kappa shape index (κ3) is 1.46. The molecular weight excluding hydrogens is 242 g/mol. The maximum atomic E-state index is 4.42. The van der Waals surface area contributed by atoms with Gasteiger partial charge in [0.1, 0.15) is 5.52 Å². The smallest absolute Gasteiger partial charge is 0.104 e. The molecule has 0 amide bonds. The molecule has 2 aliphatic rings. The van der Waals surface area contributed by atoms with Crippen molar-refractivity contribution in [1.82, 2.24) is 15.5 Å². The van der Waals surface area contributed by atoms with E-state index in [9.17, 15) is 0 Å². The summed E-state index contributed by atoms with van der Waals surface area (Å²) in [7, 11) is -0.295. The number of fused-ring (bicyclic) bond motifs is 1. The van der Waals surface area contributed by atoms with E-state index in [2.05, 4.69) is 45.2 Å². The van der Waals surface area contributed by atoms with Crippen molar-refractivity contribution in [2.24, 2.45) is 0 Å². The van der Waals surface area contributed by atoms with E-state index in [1.165, 1.54) is 22.3 Å². The van der Waals surface area contributed by atoms with Gasteiger partial charge in [0, 0.05) is 23.0 Å².